The molecule has 0 atom stereocenters. The zero-order valence-corrected chi connectivity index (χ0v) is 15.0. The summed E-state index contributed by atoms with van der Waals surface area (Å²) in [4.78, 5) is 8.43. The summed E-state index contributed by atoms with van der Waals surface area (Å²) in [6.07, 6.45) is 3.40. The van der Waals surface area contributed by atoms with Crippen LogP contribution in [0.2, 0.25) is 0 Å². The molecule has 0 spiro atoms. The monoisotopic (exact) mass is 363 g/mol. The topological polar surface area (TPSA) is 64.9 Å². The van der Waals surface area contributed by atoms with Gasteiger partial charge in [-0.1, -0.05) is 18.2 Å². The van der Waals surface area contributed by atoms with E-state index in [4.69, 9.17) is 4.74 Å². The van der Waals surface area contributed by atoms with Crippen LogP contribution in [-0.4, -0.2) is 26.9 Å². The quantitative estimate of drug-likeness (QED) is 0.583. The molecule has 27 heavy (non-hydrogen) atoms. The van der Waals surface area contributed by atoms with Crippen molar-refractivity contribution in [3.8, 4) is 11.4 Å². The summed E-state index contributed by atoms with van der Waals surface area (Å²) in [5, 5.41) is 8.56. The lowest BCUT2D eigenvalue weighted by molar-refractivity contribution is 0.387. The SMILES string of the molecule is COc1cc2c(NCc3cn(-c4ccccc4)nc3C)ncnc2cc1F. The first-order valence-electron chi connectivity index (χ1n) is 8.48. The first-order valence-corrected chi connectivity index (χ1v) is 8.48. The minimum atomic E-state index is -0.449. The molecule has 0 aliphatic carbocycles. The van der Waals surface area contributed by atoms with E-state index in [1.165, 1.54) is 19.5 Å². The highest BCUT2D eigenvalue weighted by atomic mass is 19.1. The Morgan fingerprint density at radius 2 is 1.96 bits per heavy atom. The Hall–Kier alpha value is -3.48. The maximum absolute atomic E-state index is 13.9. The van der Waals surface area contributed by atoms with Gasteiger partial charge in [-0.25, -0.2) is 19.0 Å². The van der Waals surface area contributed by atoms with Gasteiger partial charge in [0.2, 0.25) is 0 Å². The second kappa shape index (κ2) is 7.03. The normalized spacial score (nSPS) is 10.9. The van der Waals surface area contributed by atoms with Gasteiger partial charge in [0.25, 0.3) is 0 Å². The number of ether oxygens (including phenoxy) is 1. The number of benzene rings is 2. The number of aromatic nitrogens is 4. The number of halogens is 1. The molecule has 0 unspecified atom stereocenters. The van der Waals surface area contributed by atoms with Crippen LogP contribution in [0.4, 0.5) is 10.2 Å². The maximum Gasteiger partial charge on any atom is 0.167 e. The Morgan fingerprint density at radius 3 is 2.74 bits per heavy atom. The number of nitrogens with one attached hydrogen (secondary N) is 1. The summed E-state index contributed by atoms with van der Waals surface area (Å²) in [6.45, 7) is 2.50. The molecule has 0 radical (unpaired) electrons. The van der Waals surface area contributed by atoms with E-state index in [0.29, 0.717) is 23.3 Å². The largest absolute Gasteiger partial charge is 0.494 e. The number of nitrogens with zero attached hydrogens (tertiary/aromatic N) is 4. The maximum atomic E-state index is 13.9. The van der Waals surface area contributed by atoms with E-state index in [0.717, 1.165) is 16.9 Å². The molecule has 2 aromatic carbocycles. The Morgan fingerprint density at radius 1 is 1.15 bits per heavy atom. The molecule has 0 aliphatic rings. The Bertz CT molecular complexity index is 1090. The molecule has 0 fully saturated rings. The van der Waals surface area contributed by atoms with E-state index < -0.39 is 5.82 Å². The first kappa shape index (κ1) is 17.0. The zero-order chi connectivity index (χ0) is 18.8. The Labute approximate surface area is 155 Å². The van der Waals surface area contributed by atoms with Crippen LogP contribution in [0.1, 0.15) is 11.3 Å². The fourth-order valence-corrected chi connectivity index (χ4v) is 2.92. The molecule has 2 aromatic heterocycles. The number of hydrogen-bond donors (Lipinski definition) is 1. The first-order chi connectivity index (χ1) is 13.2. The van der Waals surface area contributed by atoms with Crippen molar-refractivity contribution in [3.63, 3.8) is 0 Å². The van der Waals surface area contributed by atoms with Crippen LogP contribution in [0.5, 0.6) is 5.75 Å². The Kier molecular flexibility index (Phi) is 4.42. The minimum Gasteiger partial charge on any atom is -0.494 e. The molecule has 7 heteroatoms. The second-order valence-corrected chi connectivity index (χ2v) is 6.10. The van der Waals surface area contributed by atoms with Crippen molar-refractivity contribution in [2.45, 2.75) is 13.5 Å². The van der Waals surface area contributed by atoms with Gasteiger partial charge in [-0.15, -0.1) is 0 Å². The van der Waals surface area contributed by atoms with Gasteiger partial charge in [0.15, 0.2) is 11.6 Å². The van der Waals surface area contributed by atoms with Crippen molar-refractivity contribution in [3.05, 3.63) is 72.1 Å². The van der Waals surface area contributed by atoms with Crippen LogP contribution in [0.3, 0.4) is 0 Å². The van der Waals surface area contributed by atoms with Gasteiger partial charge >= 0.3 is 0 Å². The average Bonchev–Trinajstić information content (AvgIpc) is 3.07. The highest BCUT2D eigenvalue weighted by molar-refractivity contribution is 5.90. The average molecular weight is 363 g/mol. The highest BCUT2D eigenvalue weighted by Gasteiger charge is 2.11. The molecule has 2 heterocycles. The van der Waals surface area contributed by atoms with Crippen molar-refractivity contribution in [1.29, 1.82) is 0 Å². The third-order valence-corrected chi connectivity index (χ3v) is 4.38. The molecule has 4 rings (SSSR count). The van der Waals surface area contributed by atoms with Crippen LogP contribution in [-0.2, 0) is 6.54 Å². The third kappa shape index (κ3) is 3.31. The van der Waals surface area contributed by atoms with Crippen LogP contribution in [0, 0.1) is 12.7 Å². The molecule has 6 nitrogen and oxygen atoms in total. The van der Waals surface area contributed by atoms with E-state index in [9.17, 15) is 4.39 Å². The fourth-order valence-electron chi connectivity index (χ4n) is 2.92. The molecule has 1 N–H and O–H groups in total. The summed E-state index contributed by atoms with van der Waals surface area (Å²) in [5.41, 5.74) is 3.48. The Balaban J connectivity index is 1.62. The number of rotatable bonds is 5. The van der Waals surface area contributed by atoms with E-state index in [2.05, 4.69) is 20.4 Å². The van der Waals surface area contributed by atoms with Gasteiger partial charge in [0.1, 0.15) is 12.1 Å². The third-order valence-electron chi connectivity index (χ3n) is 4.38. The highest BCUT2D eigenvalue weighted by Crippen LogP contribution is 2.27. The molecular weight excluding hydrogens is 345 g/mol. The van der Waals surface area contributed by atoms with Crippen LogP contribution in [0.15, 0.2) is 55.0 Å². The summed E-state index contributed by atoms with van der Waals surface area (Å²) in [5.74, 6) is 0.327. The second-order valence-electron chi connectivity index (χ2n) is 6.10. The number of fused-ring (bicyclic) bond motifs is 1. The molecular formula is C20H18FN5O. The van der Waals surface area contributed by atoms with Gasteiger partial charge < -0.3 is 10.1 Å². The van der Waals surface area contributed by atoms with E-state index in [1.54, 1.807) is 6.07 Å². The van der Waals surface area contributed by atoms with Crippen molar-refractivity contribution >= 4 is 16.7 Å². The van der Waals surface area contributed by atoms with Crippen molar-refractivity contribution < 1.29 is 9.13 Å². The van der Waals surface area contributed by atoms with E-state index in [1.807, 2.05) is 48.1 Å². The lowest BCUT2D eigenvalue weighted by atomic mass is 10.2. The van der Waals surface area contributed by atoms with Crippen LogP contribution < -0.4 is 10.1 Å². The van der Waals surface area contributed by atoms with Gasteiger partial charge in [0.05, 0.1) is 24.0 Å². The van der Waals surface area contributed by atoms with Gasteiger partial charge in [-0.05, 0) is 25.1 Å². The number of methoxy groups -OCH3 is 1. The van der Waals surface area contributed by atoms with Gasteiger partial charge in [-0.2, -0.15) is 5.10 Å². The zero-order valence-electron chi connectivity index (χ0n) is 15.0. The van der Waals surface area contributed by atoms with E-state index >= 15 is 0 Å². The summed E-state index contributed by atoms with van der Waals surface area (Å²) in [6, 6.07) is 12.9. The van der Waals surface area contributed by atoms with E-state index in [-0.39, 0.29) is 5.75 Å². The van der Waals surface area contributed by atoms with Crippen molar-refractivity contribution in [2.75, 3.05) is 12.4 Å². The predicted molar refractivity (Wildman–Crippen MR) is 102 cm³/mol. The lowest BCUT2D eigenvalue weighted by Gasteiger charge is -2.09. The number of para-hydroxylation sites is 1. The fraction of sp³-hybridized carbons (Fsp3) is 0.150. The predicted octanol–water partition coefficient (Wildman–Crippen LogP) is 3.88. The van der Waals surface area contributed by atoms with Crippen molar-refractivity contribution in [2.24, 2.45) is 0 Å². The number of aryl methyl sites for hydroxylation is 1. The standard InChI is InChI=1S/C20H18FN5O/c1-13-14(11-26(25-13)15-6-4-3-5-7-15)10-22-20-16-8-19(27-2)17(21)9-18(16)23-12-24-20/h3-9,11-12H,10H2,1-2H3,(H,22,23,24). The van der Waals surface area contributed by atoms with Gasteiger partial charge in [0, 0.05) is 29.8 Å². The van der Waals surface area contributed by atoms with Crippen LogP contribution >= 0.6 is 0 Å². The summed E-state index contributed by atoms with van der Waals surface area (Å²) < 4.78 is 20.8. The molecule has 0 aliphatic heterocycles. The molecule has 0 saturated heterocycles. The number of anilines is 1. The van der Waals surface area contributed by atoms with Crippen LogP contribution in [0.25, 0.3) is 16.6 Å². The molecule has 0 bridgehead atoms. The minimum absolute atomic E-state index is 0.161. The summed E-state index contributed by atoms with van der Waals surface area (Å²) >= 11 is 0. The van der Waals surface area contributed by atoms with Gasteiger partial charge in [-0.3, -0.25) is 0 Å². The smallest absolute Gasteiger partial charge is 0.167 e. The molecule has 0 amide bonds. The summed E-state index contributed by atoms with van der Waals surface area (Å²) in [7, 11) is 1.43. The lowest BCUT2D eigenvalue weighted by Crippen LogP contribution is -2.03. The molecule has 136 valence electrons. The molecule has 4 aromatic rings. The molecule has 0 saturated carbocycles. The van der Waals surface area contributed by atoms with Crippen molar-refractivity contribution in [1.82, 2.24) is 19.7 Å². The number of hydrogen-bond acceptors (Lipinski definition) is 5.